The number of benzene rings is 1. The van der Waals surface area contributed by atoms with Gasteiger partial charge in [0, 0.05) is 10.0 Å². The molecule has 0 fully saturated rings. The molecule has 0 atom stereocenters. The monoisotopic (exact) mass is 364 g/mol. The van der Waals surface area contributed by atoms with Gasteiger partial charge in [0.05, 0.1) is 13.7 Å². The number of nitrogens with zero attached hydrogens (tertiary/aromatic N) is 1. The predicted molar refractivity (Wildman–Crippen MR) is 82.5 cm³/mol. The summed E-state index contributed by atoms with van der Waals surface area (Å²) in [6, 6.07) is 5.24. The highest BCUT2D eigenvalue weighted by Gasteiger charge is 2.33. The van der Waals surface area contributed by atoms with E-state index in [9.17, 15) is 14.4 Å². The van der Waals surface area contributed by atoms with Gasteiger partial charge in [0.15, 0.2) is 0 Å². The number of carbonyl (C=O) groups is 3. The van der Waals surface area contributed by atoms with Crippen molar-refractivity contribution in [3.05, 3.63) is 58.4 Å². The summed E-state index contributed by atoms with van der Waals surface area (Å²) < 4.78 is 5.22. The number of rotatable bonds is 4. The minimum Gasteiger partial charge on any atom is -0.464 e. The highest BCUT2D eigenvalue weighted by molar-refractivity contribution is 9.10. The van der Waals surface area contributed by atoms with E-state index in [-0.39, 0.29) is 23.8 Å². The van der Waals surface area contributed by atoms with Crippen molar-refractivity contribution < 1.29 is 19.1 Å². The van der Waals surface area contributed by atoms with Gasteiger partial charge in [-0.3, -0.25) is 14.5 Å². The number of hydrogen-bond donors (Lipinski definition) is 1. The van der Waals surface area contributed by atoms with Crippen LogP contribution < -0.4 is 5.32 Å². The molecule has 6 nitrogen and oxygen atoms in total. The van der Waals surface area contributed by atoms with Crippen molar-refractivity contribution in [1.82, 2.24) is 10.2 Å². The van der Waals surface area contributed by atoms with Gasteiger partial charge >= 0.3 is 5.97 Å². The fourth-order valence-corrected chi connectivity index (χ4v) is 2.51. The molecule has 114 valence electrons. The van der Waals surface area contributed by atoms with E-state index in [1.807, 2.05) is 6.07 Å². The summed E-state index contributed by atoms with van der Waals surface area (Å²) in [6.45, 7) is 7.24. The maximum Gasteiger partial charge on any atom is 0.353 e. The van der Waals surface area contributed by atoms with E-state index in [1.54, 1.807) is 12.1 Å². The van der Waals surface area contributed by atoms with Crippen molar-refractivity contribution >= 4 is 33.7 Å². The summed E-state index contributed by atoms with van der Waals surface area (Å²) in [7, 11) is 1.17. The SMILES string of the molecule is C=C(NC(=O)C(=C)N1Cc2c(Br)cccc2C1=O)C(=O)OC. The molecule has 0 aromatic heterocycles. The van der Waals surface area contributed by atoms with Crippen molar-refractivity contribution in [2.24, 2.45) is 0 Å². The summed E-state index contributed by atoms with van der Waals surface area (Å²) in [5, 5.41) is 2.26. The van der Waals surface area contributed by atoms with E-state index < -0.39 is 11.9 Å². The molecule has 1 aromatic carbocycles. The van der Waals surface area contributed by atoms with Gasteiger partial charge in [0.1, 0.15) is 11.4 Å². The molecule has 1 aliphatic heterocycles. The Kier molecular flexibility index (Phi) is 4.46. The zero-order valence-corrected chi connectivity index (χ0v) is 13.4. The van der Waals surface area contributed by atoms with Crippen LogP contribution in [-0.4, -0.2) is 29.8 Å². The number of carbonyl (C=O) groups excluding carboxylic acids is 3. The van der Waals surface area contributed by atoms with E-state index in [4.69, 9.17) is 0 Å². The van der Waals surface area contributed by atoms with Crippen LogP contribution in [0.4, 0.5) is 0 Å². The van der Waals surface area contributed by atoms with Crippen molar-refractivity contribution in [3.8, 4) is 0 Å². The highest BCUT2D eigenvalue weighted by Crippen LogP contribution is 2.31. The number of hydrogen-bond acceptors (Lipinski definition) is 4. The van der Waals surface area contributed by atoms with Crippen LogP contribution in [0.15, 0.2) is 47.2 Å². The van der Waals surface area contributed by atoms with Crippen molar-refractivity contribution in [1.29, 1.82) is 0 Å². The second kappa shape index (κ2) is 6.15. The van der Waals surface area contributed by atoms with Crippen LogP contribution in [0.1, 0.15) is 15.9 Å². The van der Waals surface area contributed by atoms with Gasteiger partial charge in [-0.2, -0.15) is 0 Å². The van der Waals surface area contributed by atoms with Crippen LogP contribution in [0.2, 0.25) is 0 Å². The summed E-state index contributed by atoms with van der Waals surface area (Å²) in [5.41, 5.74) is 1.00. The number of ether oxygens (including phenoxy) is 1. The molecule has 7 heteroatoms. The summed E-state index contributed by atoms with van der Waals surface area (Å²) in [4.78, 5) is 36.8. The van der Waals surface area contributed by atoms with Crippen molar-refractivity contribution in [2.75, 3.05) is 7.11 Å². The Bertz CT molecular complexity index is 711. The molecule has 22 heavy (non-hydrogen) atoms. The van der Waals surface area contributed by atoms with Crippen LogP contribution in [-0.2, 0) is 20.9 Å². The molecular formula is C15H13BrN2O4. The number of halogens is 1. The number of amides is 2. The van der Waals surface area contributed by atoms with Gasteiger partial charge in [-0.1, -0.05) is 35.2 Å². The second-order valence-corrected chi connectivity index (χ2v) is 5.38. The lowest BCUT2D eigenvalue weighted by Gasteiger charge is -2.18. The third kappa shape index (κ3) is 2.80. The van der Waals surface area contributed by atoms with Crippen LogP contribution >= 0.6 is 15.9 Å². The number of methoxy groups -OCH3 is 1. The molecule has 1 heterocycles. The first kappa shape index (κ1) is 16.0. The minimum atomic E-state index is -0.764. The number of fused-ring (bicyclic) bond motifs is 1. The topological polar surface area (TPSA) is 75.7 Å². The van der Waals surface area contributed by atoms with E-state index in [1.165, 1.54) is 12.0 Å². The largest absolute Gasteiger partial charge is 0.464 e. The van der Waals surface area contributed by atoms with Gasteiger partial charge in [0.25, 0.3) is 11.8 Å². The van der Waals surface area contributed by atoms with Crippen LogP contribution in [0.5, 0.6) is 0 Å². The standard InChI is InChI=1S/C15H13BrN2O4/c1-8(15(21)22-3)17-13(19)9(2)18-7-11-10(14(18)20)5-4-6-12(11)16/h4-6H,1-2,7H2,3H3,(H,17,19). The fourth-order valence-electron chi connectivity index (χ4n) is 2.02. The normalized spacial score (nSPS) is 12.6. The molecule has 1 aliphatic rings. The first-order valence-corrected chi connectivity index (χ1v) is 7.02. The molecule has 1 N–H and O–H groups in total. The van der Waals surface area contributed by atoms with Crippen LogP contribution in [0.25, 0.3) is 0 Å². The molecular weight excluding hydrogens is 352 g/mol. The fraction of sp³-hybridized carbons (Fsp3) is 0.133. The molecule has 0 bridgehead atoms. The Morgan fingerprint density at radius 2 is 2.05 bits per heavy atom. The lowest BCUT2D eigenvalue weighted by Crippen LogP contribution is -2.36. The van der Waals surface area contributed by atoms with E-state index in [0.29, 0.717) is 5.56 Å². The molecule has 0 spiro atoms. The average Bonchev–Trinajstić information content (AvgIpc) is 2.84. The van der Waals surface area contributed by atoms with Gasteiger partial charge < -0.3 is 10.1 Å². The first-order chi connectivity index (χ1) is 10.4. The Hall–Kier alpha value is -2.41. The summed E-state index contributed by atoms with van der Waals surface area (Å²) in [6.07, 6.45) is 0. The predicted octanol–water partition coefficient (Wildman–Crippen LogP) is 1.72. The quantitative estimate of drug-likeness (QED) is 0.651. The molecule has 2 rings (SSSR count). The Balaban J connectivity index is 2.14. The Labute approximate surface area is 135 Å². The average molecular weight is 365 g/mol. The molecule has 1 aromatic rings. The Morgan fingerprint density at radius 1 is 1.36 bits per heavy atom. The molecule has 2 amide bonds. The van der Waals surface area contributed by atoms with Crippen LogP contribution in [0, 0.1) is 0 Å². The summed E-state index contributed by atoms with van der Waals surface area (Å²) >= 11 is 3.37. The van der Waals surface area contributed by atoms with Gasteiger partial charge in [-0.25, -0.2) is 4.79 Å². The lowest BCUT2D eigenvalue weighted by atomic mass is 10.1. The number of nitrogens with one attached hydrogen (secondary N) is 1. The number of esters is 1. The maximum absolute atomic E-state index is 12.3. The molecule has 0 unspecified atom stereocenters. The molecule has 0 aliphatic carbocycles. The summed E-state index contributed by atoms with van der Waals surface area (Å²) in [5.74, 6) is -1.77. The van der Waals surface area contributed by atoms with Crippen molar-refractivity contribution in [3.63, 3.8) is 0 Å². The molecule has 0 radical (unpaired) electrons. The zero-order chi connectivity index (χ0) is 16.4. The second-order valence-electron chi connectivity index (χ2n) is 4.53. The van der Waals surface area contributed by atoms with Gasteiger partial charge in [0.2, 0.25) is 0 Å². The van der Waals surface area contributed by atoms with Gasteiger partial charge in [-0.05, 0) is 17.7 Å². The Morgan fingerprint density at radius 3 is 2.64 bits per heavy atom. The lowest BCUT2D eigenvalue weighted by molar-refractivity contribution is -0.137. The smallest absolute Gasteiger partial charge is 0.353 e. The minimum absolute atomic E-state index is 0.0712. The zero-order valence-electron chi connectivity index (χ0n) is 11.8. The third-order valence-electron chi connectivity index (χ3n) is 3.19. The van der Waals surface area contributed by atoms with E-state index >= 15 is 0 Å². The van der Waals surface area contributed by atoms with E-state index in [2.05, 4.69) is 39.1 Å². The van der Waals surface area contributed by atoms with Crippen LogP contribution in [0.3, 0.4) is 0 Å². The highest BCUT2D eigenvalue weighted by atomic mass is 79.9. The third-order valence-corrected chi connectivity index (χ3v) is 3.94. The maximum atomic E-state index is 12.3. The van der Waals surface area contributed by atoms with Gasteiger partial charge in [-0.15, -0.1) is 0 Å². The molecule has 0 saturated carbocycles. The molecule has 0 saturated heterocycles. The van der Waals surface area contributed by atoms with Crippen molar-refractivity contribution in [2.45, 2.75) is 6.54 Å². The first-order valence-electron chi connectivity index (χ1n) is 6.23. The van der Waals surface area contributed by atoms with E-state index in [0.717, 1.165) is 10.0 Å².